The number of aryl methyl sites for hydroxylation is 1. The number of halogens is 3. The van der Waals surface area contributed by atoms with Crippen LogP contribution in [0.15, 0.2) is 36.7 Å². The van der Waals surface area contributed by atoms with Gasteiger partial charge in [-0.2, -0.15) is 13.2 Å². The van der Waals surface area contributed by atoms with Crippen LogP contribution in [-0.2, 0) is 0 Å². The summed E-state index contributed by atoms with van der Waals surface area (Å²) in [5, 5.41) is 2.46. The van der Waals surface area contributed by atoms with E-state index in [0.717, 1.165) is 17.1 Å². The van der Waals surface area contributed by atoms with Crippen LogP contribution in [0.3, 0.4) is 0 Å². The maximum absolute atomic E-state index is 12.2. The van der Waals surface area contributed by atoms with Gasteiger partial charge in [0.1, 0.15) is 5.82 Å². The number of hydrogen-bond donors (Lipinski definition) is 1. The van der Waals surface area contributed by atoms with E-state index < -0.39 is 12.7 Å². The maximum Gasteiger partial charge on any atom is 0.401 e. The van der Waals surface area contributed by atoms with E-state index in [1.807, 2.05) is 42.0 Å². The van der Waals surface area contributed by atoms with Gasteiger partial charge >= 0.3 is 6.18 Å². The quantitative estimate of drug-likeness (QED) is 0.932. The molecule has 0 spiro atoms. The topological polar surface area (TPSA) is 29.9 Å². The molecule has 20 heavy (non-hydrogen) atoms. The van der Waals surface area contributed by atoms with Gasteiger partial charge in [-0.15, -0.1) is 0 Å². The second kappa shape index (κ2) is 5.66. The summed E-state index contributed by atoms with van der Waals surface area (Å²) in [6, 6.07) is 7.03. The smallest absolute Gasteiger partial charge is 0.304 e. The summed E-state index contributed by atoms with van der Waals surface area (Å²) in [6.07, 6.45) is -0.644. The highest BCUT2D eigenvalue weighted by Gasteiger charge is 2.27. The lowest BCUT2D eigenvalue weighted by Gasteiger charge is -2.16. The largest absolute Gasteiger partial charge is 0.401 e. The Hall–Kier alpha value is -1.82. The molecule has 6 heteroatoms. The Morgan fingerprint density at radius 2 is 1.90 bits per heavy atom. The average Bonchev–Trinajstić information content (AvgIpc) is 2.81. The number of imidazole rings is 1. The lowest BCUT2D eigenvalue weighted by atomic mass is 10.1. The van der Waals surface area contributed by atoms with Crippen molar-refractivity contribution in [3.05, 3.63) is 48.0 Å². The molecule has 0 fully saturated rings. The van der Waals surface area contributed by atoms with Crippen LogP contribution >= 0.6 is 0 Å². The standard InChI is InChI=1S/C14H16F3N3/c1-10(19-9-14(15,16)17)12-3-5-13(6-4-12)20-8-7-18-11(20)2/h3-8,10,19H,9H2,1-2H3/t10-/m1/s1. The molecule has 2 rings (SSSR count). The molecule has 1 atom stereocenters. The van der Waals surface area contributed by atoms with E-state index in [2.05, 4.69) is 10.3 Å². The van der Waals surface area contributed by atoms with Crippen LogP contribution in [0, 0.1) is 6.92 Å². The molecule has 0 aliphatic rings. The fraction of sp³-hybridized carbons (Fsp3) is 0.357. The van der Waals surface area contributed by atoms with Gasteiger partial charge in [0.05, 0.1) is 6.54 Å². The molecule has 1 N–H and O–H groups in total. The fourth-order valence-corrected chi connectivity index (χ4v) is 1.96. The van der Waals surface area contributed by atoms with E-state index in [0.29, 0.717) is 0 Å². The molecule has 2 aromatic rings. The van der Waals surface area contributed by atoms with Crippen molar-refractivity contribution in [2.75, 3.05) is 6.54 Å². The van der Waals surface area contributed by atoms with Crippen molar-refractivity contribution in [2.45, 2.75) is 26.1 Å². The molecule has 0 saturated heterocycles. The molecular weight excluding hydrogens is 267 g/mol. The van der Waals surface area contributed by atoms with Gasteiger partial charge in [0.2, 0.25) is 0 Å². The van der Waals surface area contributed by atoms with E-state index in [1.165, 1.54) is 0 Å². The molecular formula is C14H16F3N3. The zero-order chi connectivity index (χ0) is 14.8. The van der Waals surface area contributed by atoms with Gasteiger partial charge in [-0.1, -0.05) is 12.1 Å². The zero-order valence-corrected chi connectivity index (χ0v) is 11.3. The number of nitrogens with one attached hydrogen (secondary N) is 1. The van der Waals surface area contributed by atoms with Crippen molar-refractivity contribution in [3.63, 3.8) is 0 Å². The molecule has 1 aromatic carbocycles. The van der Waals surface area contributed by atoms with Crippen molar-refractivity contribution < 1.29 is 13.2 Å². The second-order valence-electron chi connectivity index (χ2n) is 4.65. The first kappa shape index (κ1) is 14.6. The first-order chi connectivity index (χ1) is 9.37. The van der Waals surface area contributed by atoms with Gasteiger partial charge in [0.25, 0.3) is 0 Å². The van der Waals surface area contributed by atoms with Gasteiger partial charge in [-0.3, -0.25) is 0 Å². The molecule has 0 amide bonds. The zero-order valence-electron chi connectivity index (χ0n) is 11.3. The SMILES string of the molecule is Cc1nccn1-c1ccc([C@@H](C)NCC(F)(F)F)cc1. The molecule has 0 radical (unpaired) electrons. The lowest BCUT2D eigenvalue weighted by Crippen LogP contribution is -2.30. The Bertz CT molecular complexity index is 558. The third kappa shape index (κ3) is 3.60. The summed E-state index contributed by atoms with van der Waals surface area (Å²) in [5.41, 5.74) is 1.75. The van der Waals surface area contributed by atoms with E-state index in [1.54, 1.807) is 13.1 Å². The van der Waals surface area contributed by atoms with Crippen LogP contribution in [0.25, 0.3) is 5.69 Å². The average molecular weight is 283 g/mol. The lowest BCUT2D eigenvalue weighted by molar-refractivity contribution is -0.126. The number of alkyl halides is 3. The Balaban J connectivity index is 2.07. The van der Waals surface area contributed by atoms with Gasteiger partial charge in [0, 0.05) is 24.1 Å². The molecule has 0 unspecified atom stereocenters. The molecule has 3 nitrogen and oxygen atoms in total. The molecule has 0 saturated carbocycles. The van der Waals surface area contributed by atoms with Gasteiger partial charge in [-0.05, 0) is 31.5 Å². The molecule has 0 aliphatic heterocycles. The minimum absolute atomic E-state index is 0.352. The van der Waals surface area contributed by atoms with Gasteiger partial charge in [-0.25, -0.2) is 4.98 Å². The fourth-order valence-electron chi connectivity index (χ4n) is 1.96. The van der Waals surface area contributed by atoms with Crippen LogP contribution in [-0.4, -0.2) is 22.3 Å². The number of hydrogen-bond acceptors (Lipinski definition) is 2. The van der Waals surface area contributed by atoms with Crippen molar-refractivity contribution in [1.29, 1.82) is 0 Å². The first-order valence-corrected chi connectivity index (χ1v) is 6.27. The number of benzene rings is 1. The van der Waals surface area contributed by atoms with Crippen LogP contribution < -0.4 is 5.32 Å². The normalized spacial score (nSPS) is 13.4. The monoisotopic (exact) mass is 283 g/mol. The van der Waals surface area contributed by atoms with E-state index >= 15 is 0 Å². The molecule has 108 valence electrons. The van der Waals surface area contributed by atoms with Gasteiger partial charge in [0.15, 0.2) is 0 Å². The Morgan fingerprint density at radius 3 is 2.40 bits per heavy atom. The summed E-state index contributed by atoms with van der Waals surface area (Å²) >= 11 is 0. The Morgan fingerprint density at radius 1 is 1.25 bits per heavy atom. The highest BCUT2D eigenvalue weighted by Crippen LogP contribution is 2.19. The molecule has 1 aromatic heterocycles. The summed E-state index contributed by atoms with van der Waals surface area (Å²) in [6.45, 7) is 2.61. The summed E-state index contributed by atoms with van der Waals surface area (Å²) in [7, 11) is 0. The van der Waals surface area contributed by atoms with Crippen molar-refractivity contribution >= 4 is 0 Å². The summed E-state index contributed by atoms with van der Waals surface area (Å²) < 4.78 is 38.4. The van der Waals surface area contributed by atoms with Crippen molar-refractivity contribution in [1.82, 2.24) is 14.9 Å². The molecule has 0 bridgehead atoms. The minimum atomic E-state index is -4.19. The van der Waals surface area contributed by atoms with E-state index in [4.69, 9.17) is 0 Å². The van der Waals surface area contributed by atoms with Gasteiger partial charge < -0.3 is 9.88 Å². The predicted octanol–water partition coefficient (Wildman–Crippen LogP) is 3.39. The van der Waals surface area contributed by atoms with Crippen molar-refractivity contribution in [3.8, 4) is 5.69 Å². The minimum Gasteiger partial charge on any atom is -0.304 e. The van der Waals surface area contributed by atoms with E-state index in [9.17, 15) is 13.2 Å². The van der Waals surface area contributed by atoms with Crippen LogP contribution in [0.5, 0.6) is 0 Å². The third-order valence-electron chi connectivity index (χ3n) is 3.11. The van der Waals surface area contributed by atoms with Crippen LogP contribution in [0.1, 0.15) is 24.4 Å². The number of aromatic nitrogens is 2. The van der Waals surface area contributed by atoms with E-state index in [-0.39, 0.29) is 6.04 Å². The van der Waals surface area contributed by atoms with Crippen LogP contribution in [0.4, 0.5) is 13.2 Å². The Labute approximate surface area is 115 Å². The maximum atomic E-state index is 12.2. The predicted molar refractivity (Wildman–Crippen MR) is 70.8 cm³/mol. The molecule has 1 heterocycles. The second-order valence-corrected chi connectivity index (χ2v) is 4.65. The van der Waals surface area contributed by atoms with Crippen molar-refractivity contribution in [2.24, 2.45) is 0 Å². The third-order valence-corrected chi connectivity index (χ3v) is 3.11. The highest BCUT2D eigenvalue weighted by atomic mass is 19.4. The summed E-state index contributed by atoms with van der Waals surface area (Å²) in [4.78, 5) is 4.13. The highest BCUT2D eigenvalue weighted by molar-refractivity contribution is 5.36. The number of nitrogens with zero attached hydrogens (tertiary/aromatic N) is 2. The Kier molecular flexibility index (Phi) is 4.13. The van der Waals surface area contributed by atoms with Crippen LogP contribution in [0.2, 0.25) is 0 Å². The molecule has 0 aliphatic carbocycles. The number of rotatable bonds is 4. The first-order valence-electron chi connectivity index (χ1n) is 6.27. The summed E-state index contributed by atoms with van der Waals surface area (Å²) in [5.74, 6) is 0.862.